The summed E-state index contributed by atoms with van der Waals surface area (Å²) in [6.07, 6.45) is 4.26. The summed E-state index contributed by atoms with van der Waals surface area (Å²) in [6.45, 7) is 3.30. The molecular formula is C26H27ClFN7O. The lowest BCUT2D eigenvalue weighted by molar-refractivity contribution is -0.114. The Bertz CT molecular complexity index is 1440. The molecule has 3 heterocycles. The maximum Gasteiger partial charge on any atom is 0.227 e. The van der Waals surface area contributed by atoms with Crippen molar-refractivity contribution in [1.29, 1.82) is 0 Å². The number of anilines is 4. The van der Waals surface area contributed by atoms with E-state index >= 15 is 0 Å². The van der Waals surface area contributed by atoms with E-state index in [1.807, 2.05) is 24.3 Å². The zero-order valence-corrected chi connectivity index (χ0v) is 21.0. The van der Waals surface area contributed by atoms with E-state index in [1.54, 1.807) is 12.3 Å². The van der Waals surface area contributed by atoms with Gasteiger partial charge in [-0.25, -0.2) is 14.4 Å². The number of nitrogens with zero attached hydrogens (tertiary/aromatic N) is 4. The fourth-order valence-corrected chi connectivity index (χ4v) is 4.81. The van der Waals surface area contributed by atoms with Crippen LogP contribution in [0.5, 0.6) is 0 Å². The van der Waals surface area contributed by atoms with Crippen LogP contribution in [0.3, 0.4) is 0 Å². The Balaban J connectivity index is 1.45. The molecule has 0 aliphatic carbocycles. The van der Waals surface area contributed by atoms with E-state index in [2.05, 4.69) is 49.5 Å². The third-order valence-electron chi connectivity index (χ3n) is 6.46. The second kappa shape index (κ2) is 9.75. The summed E-state index contributed by atoms with van der Waals surface area (Å²) in [4.78, 5) is 28.3. The number of halogens is 2. The summed E-state index contributed by atoms with van der Waals surface area (Å²) in [5.41, 5.74) is 3.96. The number of benzene rings is 2. The molecule has 36 heavy (non-hydrogen) atoms. The number of likely N-dealkylation sites (N-methyl/N-ethyl adjacent to an activating group) is 1. The van der Waals surface area contributed by atoms with Gasteiger partial charge in [-0.15, -0.1) is 0 Å². The van der Waals surface area contributed by atoms with Gasteiger partial charge in [0.15, 0.2) is 0 Å². The lowest BCUT2D eigenvalue weighted by Crippen LogP contribution is -2.31. The van der Waals surface area contributed by atoms with Crippen LogP contribution in [0.2, 0.25) is 5.02 Å². The Morgan fingerprint density at radius 3 is 2.86 bits per heavy atom. The monoisotopic (exact) mass is 507 g/mol. The van der Waals surface area contributed by atoms with Crippen molar-refractivity contribution in [2.75, 3.05) is 42.7 Å². The Kier molecular flexibility index (Phi) is 6.51. The molecule has 1 fully saturated rings. The first-order valence-electron chi connectivity index (χ1n) is 11.7. The molecule has 8 nitrogen and oxygen atoms in total. The predicted molar refractivity (Wildman–Crippen MR) is 143 cm³/mol. The first-order chi connectivity index (χ1) is 17.3. The Hall–Kier alpha value is -3.69. The topological polar surface area (TPSA) is 89.2 Å². The highest BCUT2D eigenvalue weighted by Gasteiger charge is 2.26. The van der Waals surface area contributed by atoms with Crippen molar-refractivity contribution < 1.29 is 9.18 Å². The van der Waals surface area contributed by atoms with Crippen LogP contribution in [0, 0.1) is 5.82 Å². The molecule has 1 saturated heterocycles. The number of aromatic amines is 1. The van der Waals surface area contributed by atoms with Crippen LogP contribution in [-0.4, -0.2) is 59.0 Å². The normalized spacial score (nSPS) is 15.6. The van der Waals surface area contributed by atoms with Gasteiger partial charge in [0.1, 0.15) is 5.82 Å². The standard InChI is InChI=1S/C26H27ClFN7O/c1-15(36)31-22-11-16(7-8-23(22)35-10-9-17(14-35)34(2)3)32-26-30-13-20(27)24(33-26)19-12-29-25-18(19)5-4-6-21(25)28/h4-8,11-13,17,29H,9-10,14H2,1-3H3,(H,31,36)(H,30,32,33). The molecule has 0 bridgehead atoms. The molecule has 0 radical (unpaired) electrons. The van der Waals surface area contributed by atoms with Crippen LogP contribution in [0.25, 0.3) is 22.2 Å². The second-order valence-electron chi connectivity index (χ2n) is 9.15. The number of nitrogens with one attached hydrogen (secondary N) is 3. The van der Waals surface area contributed by atoms with Crippen LogP contribution < -0.4 is 15.5 Å². The molecule has 186 valence electrons. The smallest absolute Gasteiger partial charge is 0.227 e. The van der Waals surface area contributed by atoms with E-state index in [1.165, 1.54) is 19.2 Å². The van der Waals surface area contributed by atoms with Crippen molar-refractivity contribution >= 4 is 51.4 Å². The average Bonchev–Trinajstić information content (AvgIpc) is 3.49. The van der Waals surface area contributed by atoms with Gasteiger partial charge in [-0.1, -0.05) is 23.7 Å². The number of aromatic nitrogens is 3. The number of para-hydroxylation sites is 1. The molecule has 0 spiro atoms. The number of carbonyl (C=O) groups excluding carboxylic acids is 1. The van der Waals surface area contributed by atoms with Crippen molar-refractivity contribution in [3.8, 4) is 11.3 Å². The van der Waals surface area contributed by atoms with Gasteiger partial charge in [0.25, 0.3) is 0 Å². The van der Waals surface area contributed by atoms with Gasteiger partial charge in [0.2, 0.25) is 11.9 Å². The van der Waals surface area contributed by atoms with Crippen molar-refractivity contribution in [3.63, 3.8) is 0 Å². The maximum absolute atomic E-state index is 14.2. The zero-order chi connectivity index (χ0) is 25.4. The maximum atomic E-state index is 14.2. The number of carbonyl (C=O) groups is 1. The summed E-state index contributed by atoms with van der Waals surface area (Å²) in [5, 5.41) is 7.19. The van der Waals surface area contributed by atoms with Crippen molar-refractivity contribution in [3.05, 3.63) is 59.6 Å². The van der Waals surface area contributed by atoms with Gasteiger partial charge in [-0.2, -0.15) is 0 Å². The van der Waals surface area contributed by atoms with Gasteiger partial charge < -0.3 is 25.4 Å². The number of hydrogen-bond donors (Lipinski definition) is 3. The van der Waals surface area contributed by atoms with E-state index in [9.17, 15) is 9.18 Å². The van der Waals surface area contributed by atoms with Gasteiger partial charge in [-0.05, 0) is 44.8 Å². The Morgan fingerprint density at radius 1 is 1.28 bits per heavy atom. The summed E-state index contributed by atoms with van der Waals surface area (Å²) in [5.74, 6) is -0.161. The molecule has 1 amide bonds. The molecule has 0 saturated carbocycles. The largest absolute Gasteiger partial charge is 0.368 e. The fraction of sp³-hybridized carbons (Fsp3) is 0.269. The molecule has 1 atom stereocenters. The van der Waals surface area contributed by atoms with Gasteiger partial charge in [-0.3, -0.25) is 4.79 Å². The molecule has 1 unspecified atom stereocenters. The highest BCUT2D eigenvalue weighted by molar-refractivity contribution is 6.33. The molecule has 2 aromatic heterocycles. The molecule has 3 N–H and O–H groups in total. The Morgan fingerprint density at radius 2 is 2.11 bits per heavy atom. The number of hydrogen-bond acceptors (Lipinski definition) is 6. The molecule has 1 aliphatic rings. The quantitative estimate of drug-likeness (QED) is 0.330. The highest BCUT2D eigenvalue weighted by atomic mass is 35.5. The summed E-state index contributed by atoms with van der Waals surface area (Å²) >= 11 is 6.42. The van der Waals surface area contributed by atoms with Crippen LogP contribution in [0.1, 0.15) is 13.3 Å². The number of H-pyrrole nitrogens is 1. The number of rotatable bonds is 6. The van der Waals surface area contributed by atoms with E-state index in [-0.39, 0.29) is 11.7 Å². The molecular weight excluding hydrogens is 481 g/mol. The minimum absolute atomic E-state index is 0.145. The van der Waals surface area contributed by atoms with Crippen LogP contribution in [0.15, 0.2) is 48.8 Å². The van der Waals surface area contributed by atoms with E-state index < -0.39 is 0 Å². The molecule has 5 rings (SSSR count). The number of amides is 1. The van der Waals surface area contributed by atoms with Gasteiger partial charge >= 0.3 is 0 Å². The summed E-state index contributed by atoms with van der Waals surface area (Å²) in [6, 6.07) is 11.1. The lowest BCUT2D eigenvalue weighted by atomic mass is 10.1. The Labute approximate surface area is 213 Å². The molecule has 4 aromatic rings. The van der Waals surface area contributed by atoms with Crippen LogP contribution in [0.4, 0.5) is 27.4 Å². The van der Waals surface area contributed by atoms with Crippen molar-refractivity contribution in [2.45, 2.75) is 19.4 Å². The third kappa shape index (κ3) is 4.72. The van der Waals surface area contributed by atoms with Crippen molar-refractivity contribution in [1.82, 2.24) is 19.9 Å². The lowest BCUT2D eigenvalue weighted by Gasteiger charge is -2.24. The minimum Gasteiger partial charge on any atom is -0.368 e. The average molecular weight is 508 g/mol. The van der Waals surface area contributed by atoms with Gasteiger partial charge in [0.05, 0.1) is 33.8 Å². The summed E-state index contributed by atoms with van der Waals surface area (Å²) in [7, 11) is 4.17. The zero-order valence-electron chi connectivity index (χ0n) is 20.3. The molecule has 10 heteroatoms. The second-order valence-corrected chi connectivity index (χ2v) is 9.55. The van der Waals surface area contributed by atoms with E-state index in [4.69, 9.17) is 11.6 Å². The highest BCUT2D eigenvalue weighted by Crippen LogP contribution is 2.35. The van der Waals surface area contributed by atoms with E-state index in [0.717, 1.165) is 25.2 Å². The first kappa shape index (κ1) is 24.0. The predicted octanol–water partition coefficient (Wildman–Crippen LogP) is 5.26. The van der Waals surface area contributed by atoms with E-state index in [0.29, 0.717) is 50.5 Å². The number of fused-ring (bicyclic) bond motifs is 1. The molecule has 2 aromatic carbocycles. The molecule has 1 aliphatic heterocycles. The SMILES string of the molecule is CC(=O)Nc1cc(Nc2ncc(Cl)c(-c3c[nH]c4c(F)cccc34)n2)ccc1N1CCC(N(C)C)C1. The fourth-order valence-electron chi connectivity index (χ4n) is 4.62. The summed E-state index contributed by atoms with van der Waals surface area (Å²) < 4.78 is 14.2. The minimum atomic E-state index is -0.345. The third-order valence-corrected chi connectivity index (χ3v) is 6.74. The van der Waals surface area contributed by atoms with Crippen molar-refractivity contribution in [2.24, 2.45) is 0 Å². The van der Waals surface area contributed by atoms with Crippen LogP contribution in [-0.2, 0) is 4.79 Å². The van der Waals surface area contributed by atoms with Gasteiger partial charge in [0, 0.05) is 48.9 Å². The first-order valence-corrected chi connectivity index (χ1v) is 12.1. The van der Waals surface area contributed by atoms with Crippen LogP contribution >= 0.6 is 11.6 Å².